The number of aromatic nitrogens is 4. The quantitative estimate of drug-likeness (QED) is 0.274. The molecule has 1 N–H and O–H groups in total. The maximum absolute atomic E-state index is 12.3. The normalized spacial score (nSPS) is 11.0. The molecule has 0 aliphatic rings. The van der Waals surface area contributed by atoms with Crippen molar-refractivity contribution in [3.63, 3.8) is 0 Å². The van der Waals surface area contributed by atoms with Gasteiger partial charge in [-0.25, -0.2) is 9.97 Å². The second-order valence-electron chi connectivity index (χ2n) is 7.24. The van der Waals surface area contributed by atoms with Crippen LogP contribution in [0.15, 0.2) is 65.7 Å². The van der Waals surface area contributed by atoms with E-state index in [0.717, 1.165) is 42.8 Å². The minimum Gasteiger partial charge on any atom is -0.497 e. The Morgan fingerprint density at radius 1 is 1.00 bits per heavy atom. The molecule has 5 rings (SSSR count). The zero-order valence-corrected chi connectivity index (χ0v) is 20.8. The number of amides is 1. The highest BCUT2D eigenvalue weighted by atomic mass is 32.2. The highest BCUT2D eigenvalue weighted by Crippen LogP contribution is 2.35. The third kappa shape index (κ3) is 4.93. The number of anilines is 1. The number of thioether (sulfide) groups is 1. The van der Waals surface area contributed by atoms with E-state index >= 15 is 0 Å². The molecule has 0 aliphatic heterocycles. The van der Waals surface area contributed by atoms with Crippen molar-refractivity contribution in [1.29, 1.82) is 0 Å². The maximum atomic E-state index is 12.3. The summed E-state index contributed by atoms with van der Waals surface area (Å²) in [6.07, 6.45) is 0. The fourth-order valence-electron chi connectivity index (χ4n) is 3.23. The van der Waals surface area contributed by atoms with E-state index in [2.05, 4.69) is 20.5 Å². The topological polar surface area (TPSA) is 89.9 Å². The molecule has 2 aromatic carbocycles. The second kappa shape index (κ2) is 9.88. The van der Waals surface area contributed by atoms with Crippen LogP contribution < -0.4 is 10.1 Å². The molecule has 0 unspecified atom stereocenters. The molecule has 0 spiro atoms. The summed E-state index contributed by atoms with van der Waals surface area (Å²) in [5, 5.41) is 13.7. The van der Waals surface area contributed by atoms with Crippen LogP contribution in [-0.2, 0) is 4.79 Å². The molecular formula is C24H19N5O2S3. The molecule has 0 atom stereocenters. The summed E-state index contributed by atoms with van der Waals surface area (Å²) < 4.78 is 6.27. The van der Waals surface area contributed by atoms with Gasteiger partial charge in [0.15, 0.2) is 5.13 Å². The highest BCUT2D eigenvalue weighted by Gasteiger charge is 2.14. The number of aryl methyl sites for hydroxylation is 1. The van der Waals surface area contributed by atoms with Crippen LogP contribution in [0.2, 0.25) is 0 Å². The molecule has 0 aliphatic carbocycles. The van der Waals surface area contributed by atoms with Crippen molar-refractivity contribution in [1.82, 2.24) is 20.2 Å². The van der Waals surface area contributed by atoms with Gasteiger partial charge in [-0.2, -0.15) is 0 Å². The predicted molar refractivity (Wildman–Crippen MR) is 139 cm³/mol. The van der Waals surface area contributed by atoms with Gasteiger partial charge in [-0.15, -0.1) is 21.5 Å². The molecule has 1 amide bonds. The Bertz CT molecular complexity index is 1410. The number of hydrogen-bond acceptors (Lipinski definition) is 9. The largest absolute Gasteiger partial charge is 0.497 e. The maximum Gasteiger partial charge on any atom is 0.236 e. The highest BCUT2D eigenvalue weighted by molar-refractivity contribution is 7.99. The fourth-order valence-corrected chi connectivity index (χ4v) is 5.76. The molecule has 3 heterocycles. The predicted octanol–water partition coefficient (Wildman–Crippen LogP) is 5.92. The van der Waals surface area contributed by atoms with Crippen molar-refractivity contribution in [3.05, 3.63) is 66.4 Å². The average Bonchev–Trinajstić information content (AvgIpc) is 3.46. The summed E-state index contributed by atoms with van der Waals surface area (Å²) in [7, 11) is 1.65. The molecule has 34 heavy (non-hydrogen) atoms. The van der Waals surface area contributed by atoms with Crippen molar-refractivity contribution < 1.29 is 9.53 Å². The number of ether oxygens (including phenoxy) is 1. The van der Waals surface area contributed by atoms with Crippen LogP contribution in [0.1, 0.15) is 5.69 Å². The van der Waals surface area contributed by atoms with Crippen molar-refractivity contribution in [3.8, 4) is 26.9 Å². The molecule has 10 heteroatoms. The van der Waals surface area contributed by atoms with Crippen molar-refractivity contribution >= 4 is 55.7 Å². The molecule has 0 fully saturated rings. The number of carbonyl (C=O) groups is 1. The smallest absolute Gasteiger partial charge is 0.236 e. The summed E-state index contributed by atoms with van der Waals surface area (Å²) in [6.45, 7) is 1.97. The third-order valence-electron chi connectivity index (χ3n) is 4.90. The van der Waals surface area contributed by atoms with E-state index in [4.69, 9.17) is 9.72 Å². The summed E-state index contributed by atoms with van der Waals surface area (Å²) >= 11 is 4.37. The number of nitrogens with one attached hydrogen (secondary N) is 1. The number of carbonyl (C=O) groups excluding carboxylic acids is 1. The fraction of sp³-hybridized carbons (Fsp3) is 0.125. The van der Waals surface area contributed by atoms with Crippen LogP contribution in [0.5, 0.6) is 5.75 Å². The van der Waals surface area contributed by atoms with Crippen molar-refractivity contribution in [2.75, 3.05) is 18.2 Å². The average molecular weight is 506 g/mol. The van der Waals surface area contributed by atoms with Crippen molar-refractivity contribution in [2.24, 2.45) is 0 Å². The molecule has 0 saturated heterocycles. The van der Waals surface area contributed by atoms with Crippen LogP contribution in [0, 0.1) is 6.92 Å². The lowest BCUT2D eigenvalue weighted by Gasteiger charge is -2.02. The Labute approximate surface area is 208 Å². The molecular weight excluding hydrogens is 486 g/mol. The lowest BCUT2D eigenvalue weighted by Crippen LogP contribution is -2.13. The van der Waals surface area contributed by atoms with Gasteiger partial charge in [-0.1, -0.05) is 35.2 Å². The Morgan fingerprint density at radius 2 is 1.82 bits per heavy atom. The van der Waals surface area contributed by atoms with E-state index in [-0.39, 0.29) is 11.7 Å². The standard InChI is InChI=1S/C24H19N5O2S3/c1-14-22(34-23(25-14)15-7-9-16(31-2)10-8-15)18-11-12-21(29-28-18)32-13-20(30)27-24-26-17-5-3-4-6-19(17)33-24/h3-12H,13H2,1-2H3,(H,26,27,30). The Balaban J connectivity index is 1.22. The molecule has 7 nitrogen and oxygen atoms in total. The van der Waals surface area contributed by atoms with Gasteiger partial charge < -0.3 is 10.1 Å². The Morgan fingerprint density at radius 3 is 2.56 bits per heavy atom. The van der Waals surface area contributed by atoms with Gasteiger partial charge in [0, 0.05) is 5.56 Å². The van der Waals surface area contributed by atoms with E-state index in [0.29, 0.717) is 10.2 Å². The second-order valence-corrected chi connectivity index (χ2v) is 10.3. The third-order valence-corrected chi connectivity index (χ3v) is 8.00. The van der Waals surface area contributed by atoms with E-state index in [1.807, 2.05) is 67.6 Å². The lowest BCUT2D eigenvalue weighted by molar-refractivity contribution is -0.113. The number of methoxy groups -OCH3 is 1. The van der Waals surface area contributed by atoms with Gasteiger partial charge in [-0.3, -0.25) is 4.79 Å². The number of hydrogen-bond donors (Lipinski definition) is 1. The molecule has 0 saturated carbocycles. The first-order valence-electron chi connectivity index (χ1n) is 10.3. The van der Waals surface area contributed by atoms with Crippen LogP contribution in [-0.4, -0.2) is 38.9 Å². The van der Waals surface area contributed by atoms with E-state index in [1.54, 1.807) is 18.4 Å². The van der Waals surface area contributed by atoms with Gasteiger partial charge in [0.25, 0.3) is 0 Å². The number of thiazole rings is 2. The number of fused-ring (bicyclic) bond motifs is 1. The van der Waals surface area contributed by atoms with Gasteiger partial charge in [0.2, 0.25) is 5.91 Å². The van der Waals surface area contributed by atoms with Crippen LogP contribution in [0.4, 0.5) is 5.13 Å². The number of benzene rings is 2. The Hall–Kier alpha value is -3.34. The van der Waals surface area contributed by atoms with Crippen LogP contribution >= 0.6 is 34.4 Å². The molecule has 3 aromatic heterocycles. The lowest BCUT2D eigenvalue weighted by atomic mass is 10.2. The first-order chi connectivity index (χ1) is 16.6. The zero-order valence-electron chi connectivity index (χ0n) is 18.3. The summed E-state index contributed by atoms with van der Waals surface area (Å²) in [5.41, 5.74) is 3.57. The number of para-hydroxylation sites is 1. The summed E-state index contributed by atoms with van der Waals surface area (Å²) in [5.74, 6) is 0.910. The number of nitrogens with zero attached hydrogens (tertiary/aromatic N) is 4. The molecule has 0 bridgehead atoms. The van der Waals surface area contributed by atoms with E-state index in [9.17, 15) is 4.79 Å². The SMILES string of the molecule is COc1ccc(-c2nc(C)c(-c3ccc(SCC(=O)Nc4nc5ccccc5s4)nn3)s2)cc1. The number of rotatable bonds is 7. The Kier molecular flexibility index (Phi) is 6.52. The van der Waals surface area contributed by atoms with E-state index in [1.165, 1.54) is 23.1 Å². The molecule has 5 aromatic rings. The van der Waals surface area contributed by atoms with Crippen LogP contribution in [0.25, 0.3) is 31.4 Å². The summed E-state index contributed by atoms with van der Waals surface area (Å²) in [6, 6.07) is 19.4. The monoisotopic (exact) mass is 505 g/mol. The minimum atomic E-state index is -0.127. The van der Waals surface area contributed by atoms with Gasteiger partial charge in [-0.05, 0) is 55.5 Å². The van der Waals surface area contributed by atoms with E-state index < -0.39 is 0 Å². The summed E-state index contributed by atoms with van der Waals surface area (Å²) in [4.78, 5) is 22.4. The van der Waals surface area contributed by atoms with Crippen LogP contribution in [0.3, 0.4) is 0 Å². The molecule has 0 radical (unpaired) electrons. The van der Waals surface area contributed by atoms with Gasteiger partial charge >= 0.3 is 0 Å². The minimum absolute atomic E-state index is 0.127. The zero-order chi connectivity index (χ0) is 23.5. The van der Waals surface area contributed by atoms with Gasteiger partial charge in [0.1, 0.15) is 21.5 Å². The van der Waals surface area contributed by atoms with Gasteiger partial charge in [0.05, 0.1) is 33.7 Å². The molecule has 170 valence electrons. The van der Waals surface area contributed by atoms with Crippen molar-refractivity contribution in [2.45, 2.75) is 11.9 Å². The first-order valence-corrected chi connectivity index (χ1v) is 12.9. The first kappa shape index (κ1) is 22.5.